The molecule has 130 valence electrons. The molecule has 0 aliphatic carbocycles. The molecule has 0 fully saturated rings. The number of methoxy groups -OCH3 is 1. The van der Waals surface area contributed by atoms with E-state index >= 15 is 0 Å². The SMILES string of the molecule is COc1ccc2c(-c3ccccc3)c(C#Cc3ccccc3)c(=O)oc2c1. The molecule has 0 unspecified atom stereocenters. The fraction of sp³-hybridized carbons (Fsp3) is 0.0417. The Morgan fingerprint density at radius 2 is 1.56 bits per heavy atom. The van der Waals surface area contributed by atoms with Crippen LogP contribution in [0.4, 0.5) is 0 Å². The summed E-state index contributed by atoms with van der Waals surface area (Å²) in [7, 11) is 1.58. The molecule has 1 aromatic heterocycles. The molecule has 0 N–H and O–H groups in total. The van der Waals surface area contributed by atoms with Crippen LogP contribution in [0.1, 0.15) is 11.1 Å². The van der Waals surface area contributed by atoms with E-state index in [-0.39, 0.29) is 0 Å². The predicted molar refractivity (Wildman–Crippen MR) is 107 cm³/mol. The number of rotatable bonds is 2. The Balaban J connectivity index is 2.02. The van der Waals surface area contributed by atoms with Crippen molar-refractivity contribution in [3.63, 3.8) is 0 Å². The maximum absolute atomic E-state index is 12.7. The van der Waals surface area contributed by atoms with Crippen LogP contribution in [-0.2, 0) is 0 Å². The summed E-state index contributed by atoms with van der Waals surface area (Å²) < 4.78 is 10.8. The summed E-state index contributed by atoms with van der Waals surface area (Å²) in [6.45, 7) is 0. The summed E-state index contributed by atoms with van der Waals surface area (Å²) in [6.07, 6.45) is 0. The molecule has 1 heterocycles. The third-order valence-corrected chi connectivity index (χ3v) is 4.28. The molecule has 3 aromatic carbocycles. The first-order chi connectivity index (χ1) is 13.3. The molecule has 0 saturated heterocycles. The molecule has 27 heavy (non-hydrogen) atoms. The van der Waals surface area contributed by atoms with Crippen LogP contribution in [0.15, 0.2) is 88.1 Å². The minimum atomic E-state index is -0.460. The standard InChI is InChI=1S/C24H16O3/c1-26-19-13-15-20-22(16-19)27-24(25)21(14-12-17-8-4-2-5-9-17)23(20)18-10-6-3-7-11-18/h2-11,13,15-16H,1H3. The summed E-state index contributed by atoms with van der Waals surface area (Å²) in [5.74, 6) is 6.73. The van der Waals surface area contributed by atoms with Crippen LogP contribution < -0.4 is 10.4 Å². The van der Waals surface area contributed by atoms with Gasteiger partial charge in [0.05, 0.1) is 7.11 Å². The molecular formula is C24H16O3. The molecule has 3 nitrogen and oxygen atoms in total. The van der Waals surface area contributed by atoms with Crippen molar-refractivity contribution in [2.45, 2.75) is 0 Å². The second-order valence-electron chi connectivity index (χ2n) is 5.98. The molecule has 0 spiro atoms. The first kappa shape index (κ1) is 16.7. The van der Waals surface area contributed by atoms with Gasteiger partial charge < -0.3 is 9.15 Å². The average Bonchev–Trinajstić information content (AvgIpc) is 2.72. The highest BCUT2D eigenvalue weighted by Crippen LogP contribution is 2.32. The average molecular weight is 352 g/mol. The largest absolute Gasteiger partial charge is 0.497 e. The van der Waals surface area contributed by atoms with Crippen LogP contribution in [0, 0.1) is 11.8 Å². The fourth-order valence-electron chi connectivity index (χ4n) is 2.98. The van der Waals surface area contributed by atoms with E-state index in [0.717, 1.165) is 22.1 Å². The smallest absolute Gasteiger partial charge is 0.352 e. The third-order valence-electron chi connectivity index (χ3n) is 4.28. The molecule has 0 aliphatic heterocycles. The van der Waals surface area contributed by atoms with E-state index in [9.17, 15) is 4.79 Å². The van der Waals surface area contributed by atoms with Crippen molar-refractivity contribution in [2.24, 2.45) is 0 Å². The molecule has 0 saturated carbocycles. The molecule has 4 rings (SSSR count). The lowest BCUT2D eigenvalue weighted by atomic mass is 9.97. The lowest BCUT2D eigenvalue weighted by molar-refractivity contribution is 0.414. The normalized spacial score (nSPS) is 10.3. The minimum Gasteiger partial charge on any atom is -0.497 e. The fourth-order valence-corrected chi connectivity index (χ4v) is 2.98. The van der Waals surface area contributed by atoms with Gasteiger partial charge in [0.25, 0.3) is 0 Å². The second-order valence-corrected chi connectivity index (χ2v) is 5.98. The second kappa shape index (κ2) is 7.23. The van der Waals surface area contributed by atoms with Crippen molar-refractivity contribution in [3.05, 3.63) is 100 Å². The number of ether oxygens (including phenoxy) is 1. The Hall–Kier alpha value is -3.77. The van der Waals surface area contributed by atoms with Crippen LogP contribution in [-0.4, -0.2) is 7.11 Å². The van der Waals surface area contributed by atoms with Gasteiger partial charge in [-0.2, -0.15) is 0 Å². The quantitative estimate of drug-likeness (QED) is 0.382. The van der Waals surface area contributed by atoms with Gasteiger partial charge in [0.15, 0.2) is 0 Å². The first-order valence-electron chi connectivity index (χ1n) is 8.53. The van der Waals surface area contributed by atoms with E-state index in [2.05, 4.69) is 11.8 Å². The number of hydrogen-bond acceptors (Lipinski definition) is 3. The minimum absolute atomic E-state index is 0.350. The summed E-state index contributed by atoms with van der Waals surface area (Å²) in [5, 5.41) is 0.818. The Bertz CT molecular complexity index is 1210. The lowest BCUT2D eigenvalue weighted by Gasteiger charge is -2.09. The summed E-state index contributed by atoms with van der Waals surface area (Å²) >= 11 is 0. The van der Waals surface area contributed by atoms with Crippen LogP contribution in [0.2, 0.25) is 0 Å². The lowest BCUT2D eigenvalue weighted by Crippen LogP contribution is -2.07. The molecule has 3 heteroatoms. The zero-order valence-electron chi connectivity index (χ0n) is 14.7. The van der Waals surface area contributed by atoms with E-state index in [0.29, 0.717) is 16.9 Å². The monoisotopic (exact) mass is 352 g/mol. The van der Waals surface area contributed by atoms with Gasteiger partial charge in [-0.25, -0.2) is 4.79 Å². The zero-order chi connectivity index (χ0) is 18.6. The van der Waals surface area contributed by atoms with Crippen LogP contribution in [0.3, 0.4) is 0 Å². The molecule has 0 atom stereocenters. The molecule has 0 radical (unpaired) electrons. The van der Waals surface area contributed by atoms with Crippen molar-refractivity contribution in [1.29, 1.82) is 0 Å². The van der Waals surface area contributed by atoms with Crippen LogP contribution in [0.5, 0.6) is 5.75 Å². The zero-order valence-corrected chi connectivity index (χ0v) is 14.7. The van der Waals surface area contributed by atoms with Gasteiger partial charge in [-0.3, -0.25) is 0 Å². The Morgan fingerprint density at radius 3 is 2.26 bits per heavy atom. The topological polar surface area (TPSA) is 39.4 Å². The number of benzene rings is 3. The van der Waals surface area contributed by atoms with Gasteiger partial charge in [0, 0.05) is 22.6 Å². The number of fused-ring (bicyclic) bond motifs is 1. The van der Waals surface area contributed by atoms with E-state index in [4.69, 9.17) is 9.15 Å². The van der Waals surface area contributed by atoms with Crippen molar-refractivity contribution < 1.29 is 9.15 Å². The van der Waals surface area contributed by atoms with Gasteiger partial charge in [0.2, 0.25) is 0 Å². The van der Waals surface area contributed by atoms with E-state index in [1.165, 1.54) is 0 Å². The maximum Gasteiger partial charge on any atom is 0.352 e. The maximum atomic E-state index is 12.7. The Morgan fingerprint density at radius 1 is 0.852 bits per heavy atom. The van der Waals surface area contributed by atoms with Gasteiger partial charge in [-0.15, -0.1) is 0 Å². The highest BCUT2D eigenvalue weighted by Gasteiger charge is 2.15. The summed E-state index contributed by atoms with van der Waals surface area (Å²) in [6, 6.07) is 24.8. The molecule has 0 aliphatic rings. The van der Waals surface area contributed by atoms with Gasteiger partial charge in [0.1, 0.15) is 16.9 Å². The Labute approximate surface area is 156 Å². The van der Waals surface area contributed by atoms with Crippen LogP contribution in [0.25, 0.3) is 22.1 Å². The van der Waals surface area contributed by atoms with Crippen molar-refractivity contribution >= 4 is 11.0 Å². The van der Waals surface area contributed by atoms with Crippen molar-refractivity contribution in [2.75, 3.05) is 7.11 Å². The van der Waals surface area contributed by atoms with Gasteiger partial charge in [-0.05, 0) is 29.8 Å². The molecule has 4 aromatic rings. The third kappa shape index (κ3) is 3.33. The highest BCUT2D eigenvalue weighted by molar-refractivity contribution is 5.96. The van der Waals surface area contributed by atoms with Crippen molar-refractivity contribution in [1.82, 2.24) is 0 Å². The van der Waals surface area contributed by atoms with Crippen molar-refractivity contribution in [3.8, 4) is 28.7 Å². The van der Waals surface area contributed by atoms with E-state index < -0.39 is 5.63 Å². The van der Waals surface area contributed by atoms with Crippen LogP contribution >= 0.6 is 0 Å². The number of hydrogen-bond donors (Lipinski definition) is 0. The Kier molecular flexibility index (Phi) is 4.47. The summed E-state index contributed by atoms with van der Waals surface area (Å²) in [4.78, 5) is 12.7. The molecule has 0 bridgehead atoms. The molecule has 0 amide bonds. The first-order valence-corrected chi connectivity index (χ1v) is 8.53. The molecular weight excluding hydrogens is 336 g/mol. The predicted octanol–water partition coefficient (Wildman–Crippen LogP) is 4.87. The van der Waals surface area contributed by atoms with Gasteiger partial charge >= 0.3 is 5.63 Å². The van der Waals surface area contributed by atoms with Gasteiger partial charge in [-0.1, -0.05) is 60.4 Å². The van der Waals surface area contributed by atoms with E-state index in [1.807, 2.05) is 72.8 Å². The van der Waals surface area contributed by atoms with E-state index in [1.54, 1.807) is 13.2 Å². The highest BCUT2D eigenvalue weighted by atomic mass is 16.5. The summed E-state index contributed by atoms with van der Waals surface area (Å²) in [5.41, 5.74) is 2.89.